The number of anilines is 1. The van der Waals surface area contributed by atoms with Gasteiger partial charge in [-0.05, 0) is 37.1 Å². The third-order valence-corrected chi connectivity index (χ3v) is 8.67. The Kier molecular flexibility index (Phi) is 7.10. The highest BCUT2D eigenvalue weighted by Crippen LogP contribution is 2.38. The maximum atomic E-state index is 15.1. The normalized spacial score (nSPS) is 17.5. The van der Waals surface area contributed by atoms with E-state index in [2.05, 4.69) is 0 Å². The molecule has 0 radical (unpaired) electrons. The molecule has 1 saturated heterocycles. The number of benzene rings is 2. The van der Waals surface area contributed by atoms with Crippen molar-refractivity contribution in [2.24, 2.45) is 0 Å². The maximum absolute atomic E-state index is 15.1. The fraction of sp³-hybridized carbons (Fsp3) is 0.458. The molecule has 1 aliphatic carbocycles. The molecular formula is C24H27F4N3O3S. The number of piperazine rings is 1. The van der Waals surface area contributed by atoms with E-state index in [9.17, 15) is 26.4 Å². The third kappa shape index (κ3) is 5.30. The number of hydrogen-bond donors (Lipinski definition) is 0. The number of hydrogen-bond acceptors (Lipinski definition) is 4. The van der Waals surface area contributed by atoms with Crippen LogP contribution in [0.1, 0.15) is 37.3 Å². The highest BCUT2D eigenvalue weighted by molar-refractivity contribution is 7.89. The summed E-state index contributed by atoms with van der Waals surface area (Å²) >= 11 is 0. The van der Waals surface area contributed by atoms with Crippen LogP contribution in [0.3, 0.4) is 0 Å². The zero-order chi connectivity index (χ0) is 25.4. The lowest BCUT2D eigenvalue weighted by Gasteiger charge is -2.37. The average Bonchev–Trinajstić information content (AvgIpc) is 2.78. The van der Waals surface area contributed by atoms with Crippen LogP contribution in [0.5, 0.6) is 0 Å². The zero-order valence-corrected chi connectivity index (χ0v) is 20.1. The summed E-state index contributed by atoms with van der Waals surface area (Å²) < 4.78 is 83.6. The molecule has 0 unspecified atom stereocenters. The van der Waals surface area contributed by atoms with E-state index in [1.165, 1.54) is 25.1 Å². The van der Waals surface area contributed by atoms with Gasteiger partial charge in [0.05, 0.1) is 10.5 Å². The molecule has 0 bridgehead atoms. The SMILES string of the molecule is CC(=O)N1CCN(c2ccc(CN(C3CCC3)S(=O)(=O)c3ccccc3C(F)(F)F)c(F)c2)CC1. The Morgan fingerprint density at radius 3 is 2.26 bits per heavy atom. The Balaban J connectivity index is 1.59. The van der Waals surface area contributed by atoms with Gasteiger partial charge in [0.2, 0.25) is 15.9 Å². The Morgan fingerprint density at radius 1 is 1.06 bits per heavy atom. The van der Waals surface area contributed by atoms with Gasteiger partial charge in [-0.3, -0.25) is 4.79 Å². The molecule has 190 valence electrons. The predicted octanol–water partition coefficient (Wildman–Crippen LogP) is 4.26. The molecule has 0 spiro atoms. The van der Waals surface area contributed by atoms with E-state index in [0.29, 0.717) is 44.7 Å². The van der Waals surface area contributed by atoms with E-state index in [1.807, 2.05) is 4.90 Å². The molecule has 1 amide bonds. The molecule has 6 nitrogen and oxygen atoms in total. The van der Waals surface area contributed by atoms with Crippen LogP contribution < -0.4 is 4.90 Å². The first-order chi connectivity index (χ1) is 16.5. The molecule has 0 aromatic heterocycles. The monoisotopic (exact) mass is 513 g/mol. The van der Waals surface area contributed by atoms with E-state index in [1.54, 1.807) is 11.0 Å². The summed E-state index contributed by atoms with van der Waals surface area (Å²) in [5.74, 6) is -0.643. The minimum Gasteiger partial charge on any atom is -0.368 e. The molecule has 0 N–H and O–H groups in total. The van der Waals surface area contributed by atoms with Gasteiger partial charge in [-0.15, -0.1) is 0 Å². The van der Waals surface area contributed by atoms with Crippen molar-refractivity contribution in [1.29, 1.82) is 0 Å². The van der Waals surface area contributed by atoms with Gasteiger partial charge in [-0.2, -0.15) is 17.5 Å². The van der Waals surface area contributed by atoms with Crippen LogP contribution in [-0.2, 0) is 27.5 Å². The highest BCUT2D eigenvalue weighted by atomic mass is 32.2. The zero-order valence-electron chi connectivity index (χ0n) is 19.3. The number of amides is 1. The van der Waals surface area contributed by atoms with Gasteiger partial charge in [-0.25, -0.2) is 12.8 Å². The van der Waals surface area contributed by atoms with Crippen molar-refractivity contribution in [2.45, 2.75) is 49.8 Å². The first kappa shape index (κ1) is 25.4. The maximum Gasteiger partial charge on any atom is 0.417 e. The van der Waals surface area contributed by atoms with Crippen molar-refractivity contribution < 1.29 is 30.8 Å². The summed E-state index contributed by atoms with van der Waals surface area (Å²) in [6.07, 6.45) is -3.07. The topological polar surface area (TPSA) is 60.9 Å². The largest absolute Gasteiger partial charge is 0.417 e. The van der Waals surface area contributed by atoms with E-state index >= 15 is 4.39 Å². The van der Waals surface area contributed by atoms with Crippen LogP contribution in [0.2, 0.25) is 0 Å². The van der Waals surface area contributed by atoms with Gasteiger partial charge in [0.25, 0.3) is 0 Å². The highest BCUT2D eigenvalue weighted by Gasteiger charge is 2.42. The van der Waals surface area contributed by atoms with Crippen molar-refractivity contribution in [3.63, 3.8) is 0 Å². The Bertz CT molecular complexity index is 1190. The van der Waals surface area contributed by atoms with E-state index < -0.39 is 38.5 Å². The van der Waals surface area contributed by atoms with Crippen LogP contribution in [0.25, 0.3) is 0 Å². The van der Waals surface area contributed by atoms with Gasteiger partial charge in [0, 0.05) is 56.9 Å². The molecule has 2 aliphatic rings. The summed E-state index contributed by atoms with van der Waals surface area (Å²) in [4.78, 5) is 14.3. The number of halogens is 4. The molecular weight excluding hydrogens is 486 g/mol. The minimum absolute atomic E-state index is 0.0180. The fourth-order valence-electron chi connectivity index (χ4n) is 4.45. The Labute approximate surface area is 202 Å². The summed E-state index contributed by atoms with van der Waals surface area (Å²) in [6, 6.07) is 8.08. The van der Waals surface area contributed by atoms with Gasteiger partial charge >= 0.3 is 6.18 Å². The number of alkyl halides is 3. The molecule has 2 aromatic rings. The standard InChI is InChI=1S/C24H27F4N3O3S/c1-17(32)29-11-13-30(14-12-29)20-10-9-18(22(25)15-20)16-31(19-5-4-6-19)35(33,34)23-8-3-2-7-21(23)24(26,27)28/h2-3,7-10,15,19H,4-6,11-14,16H2,1H3. The third-order valence-electron chi connectivity index (χ3n) is 6.71. The molecule has 2 aromatic carbocycles. The van der Waals surface area contributed by atoms with Gasteiger partial charge in [0.15, 0.2) is 0 Å². The summed E-state index contributed by atoms with van der Waals surface area (Å²) in [7, 11) is -4.54. The van der Waals surface area contributed by atoms with Crippen molar-refractivity contribution in [3.8, 4) is 0 Å². The van der Waals surface area contributed by atoms with Crippen LogP contribution in [0.4, 0.5) is 23.2 Å². The van der Waals surface area contributed by atoms with Gasteiger partial charge in [-0.1, -0.05) is 24.6 Å². The molecule has 2 fully saturated rings. The van der Waals surface area contributed by atoms with Gasteiger partial charge in [0.1, 0.15) is 5.82 Å². The van der Waals surface area contributed by atoms with Crippen molar-refractivity contribution in [2.75, 3.05) is 31.1 Å². The molecule has 11 heteroatoms. The van der Waals surface area contributed by atoms with Crippen molar-refractivity contribution >= 4 is 21.6 Å². The summed E-state index contributed by atoms with van der Waals surface area (Å²) in [5, 5.41) is 0. The predicted molar refractivity (Wildman–Crippen MR) is 123 cm³/mol. The second kappa shape index (κ2) is 9.77. The van der Waals surface area contributed by atoms with Crippen molar-refractivity contribution in [1.82, 2.24) is 9.21 Å². The average molecular weight is 514 g/mol. The number of rotatable bonds is 6. The van der Waals surface area contributed by atoms with Gasteiger partial charge < -0.3 is 9.80 Å². The fourth-order valence-corrected chi connectivity index (χ4v) is 6.32. The number of carbonyl (C=O) groups excluding carboxylic acids is 1. The van der Waals surface area contributed by atoms with E-state index in [4.69, 9.17) is 0 Å². The molecule has 1 saturated carbocycles. The summed E-state index contributed by atoms with van der Waals surface area (Å²) in [6.45, 7) is 3.25. The van der Waals surface area contributed by atoms with E-state index in [0.717, 1.165) is 28.9 Å². The van der Waals surface area contributed by atoms with Crippen LogP contribution in [0.15, 0.2) is 47.4 Å². The van der Waals surface area contributed by atoms with Crippen LogP contribution in [-0.4, -0.2) is 55.8 Å². The molecule has 4 rings (SSSR count). The van der Waals surface area contributed by atoms with Crippen LogP contribution in [0, 0.1) is 5.82 Å². The second-order valence-corrected chi connectivity index (χ2v) is 10.8. The lowest BCUT2D eigenvalue weighted by molar-refractivity contribution is -0.140. The minimum atomic E-state index is -4.84. The van der Waals surface area contributed by atoms with E-state index in [-0.39, 0.29) is 18.0 Å². The lowest BCUT2D eigenvalue weighted by atomic mass is 9.93. The first-order valence-corrected chi connectivity index (χ1v) is 12.9. The number of nitrogens with zero attached hydrogens (tertiary/aromatic N) is 3. The molecule has 1 aliphatic heterocycles. The molecule has 35 heavy (non-hydrogen) atoms. The lowest BCUT2D eigenvalue weighted by Crippen LogP contribution is -2.48. The second-order valence-electron chi connectivity index (χ2n) is 8.90. The van der Waals surface area contributed by atoms with Crippen LogP contribution >= 0.6 is 0 Å². The number of sulfonamides is 1. The summed E-state index contributed by atoms with van der Waals surface area (Å²) in [5.41, 5.74) is -0.532. The number of carbonyl (C=O) groups is 1. The smallest absolute Gasteiger partial charge is 0.368 e. The molecule has 0 atom stereocenters. The Hall–Kier alpha value is -2.66. The quantitative estimate of drug-likeness (QED) is 0.542. The molecule has 1 heterocycles. The van der Waals surface area contributed by atoms with Crippen molar-refractivity contribution in [3.05, 3.63) is 59.4 Å². The first-order valence-electron chi connectivity index (χ1n) is 11.5. The Morgan fingerprint density at radius 2 is 1.71 bits per heavy atom.